The van der Waals surface area contributed by atoms with Gasteiger partial charge in [-0.25, -0.2) is 4.98 Å². The Morgan fingerprint density at radius 3 is 2.67 bits per heavy atom. The van der Waals surface area contributed by atoms with E-state index in [9.17, 15) is 4.79 Å². The number of benzene rings is 1. The molecule has 0 amide bonds. The normalized spacial score (nSPS) is 12.2. The molecule has 4 heteroatoms. The zero-order chi connectivity index (χ0) is 15.4. The number of hydrogen-bond acceptors (Lipinski definition) is 3. The molecule has 1 unspecified atom stereocenters. The Balaban J connectivity index is 2.31. The van der Waals surface area contributed by atoms with Crippen LogP contribution < -0.4 is 10.9 Å². The van der Waals surface area contributed by atoms with Gasteiger partial charge in [-0.2, -0.15) is 0 Å². The first-order chi connectivity index (χ1) is 10.0. The number of aryl methyl sites for hydroxylation is 3. The van der Waals surface area contributed by atoms with Gasteiger partial charge in [0.15, 0.2) is 0 Å². The highest BCUT2D eigenvalue weighted by atomic mass is 16.1. The first-order valence-corrected chi connectivity index (χ1v) is 7.44. The number of hydrogen-bond donors (Lipinski definition) is 2. The van der Waals surface area contributed by atoms with Gasteiger partial charge in [0.1, 0.15) is 5.82 Å². The van der Waals surface area contributed by atoms with Gasteiger partial charge in [-0.05, 0) is 38.8 Å². The van der Waals surface area contributed by atoms with Gasteiger partial charge in [-0.15, -0.1) is 0 Å². The van der Waals surface area contributed by atoms with E-state index in [1.165, 1.54) is 5.56 Å². The van der Waals surface area contributed by atoms with Crippen molar-refractivity contribution in [2.75, 3.05) is 5.32 Å². The van der Waals surface area contributed by atoms with Gasteiger partial charge in [0.2, 0.25) is 0 Å². The molecule has 1 atom stereocenters. The lowest BCUT2D eigenvalue weighted by Crippen LogP contribution is -2.23. The molecule has 1 aromatic heterocycles. The standard InChI is InChI=1S/C17H23N3O/c1-5-8-14-9-6-7-10-15(14)19-12(3)16-11(2)18-13(4)20-17(16)21/h6-7,9-10,12,19H,5,8H2,1-4H3,(H,18,20,21). The molecule has 1 aromatic carbocycles. The van der Waals surface area contributed by atoms with Crippen molar-refractivity contribution in [2.45, 2.75) is 46.6 Å². The smallest absolute Gasteiger partial charge is 0.256 e. The third-order valence-corrected chi connectivity index (χ3v) is 3.61. The minimum Gasteiger partial charge on any atom is -0.378 e. The lowest BCUT2D eigenvalue weighted by molar-refractivity contribution is 0.809. The minimum absolute atomic E-state index is 0.0621. The van der Waals surface area contributed by atoms with Crippen LogP contribution in [-0.2, 0) is 6.42 Å². The second kappa shape index (κ2) is 6.57. The van der Waals surface area contributed by atoms with Crippen LogP contribution in [0.1, 0.15) is 49.0 Å². The third kappa shape index (κ3) is 3.51. The lowest BCUT2D eigenvalue weighted by atomic mass is 10.0. The molecule has 0 saturated carbocycles. The van der Waals surface area contributed by atoms with E-state index in [-0.39, 0.29) is 11.6 Å². The number of nitrogens with zero attached hydrogens (tertiary/aromatic N) is 1. The average molecular weight is 285 g/mol. The highest BCUT2D eigenvalue weighted by Crippen LogP contribution is 2.22. The Labute approximate surface area is 125 Å². The number of H-pyrrole nitrogens is 1. The van der Waals surface area contributed by atoms with Gasteiger partial charge in [-0.3, -0.25) is 4.79 Å². The Kier molecular flexibility index (Phi) is 4.78. The highest BCUT2D eigenvalue weighted by Gasteiger charge is 2.15. The maximum Gasteiger partial charge on any atom is 0.256 e. The predicted octanol–water partition coefficient (Wildman–Crippen LogP) is 3.51. The fourth-order valence-corrected chi connectivity index (χ4v) is 2.70. The summed E-state index contributed by atoms with van der Waals surface area (Å²) in [4.78, 5) is 19.3. The molecule has 0 saturated heterocycles. The van der Waals surface area contributed by atoms with E-state index in [0.29, 0.717) is 11.4 Å². The minimum atomic E-state index is -0.0835. The van der Waals surface area contributed by atoms with Crippen LogP contribution >= 0.6 is 0 Å². The maximum atomic E-state index is 12.2. The number of nitrogens with one attached hydrogen (secondary N) is 2. The summed E-state index contributed by atoms with van der Waals surface area (Å²) in [5.41, 5.74) is 3.79. The summed E-state index contributed by atoms with van der Waals surface area (Å²) in [5.74, 6) is 0.653. The molecule has 21 heavy (non-hydrogen) atoms. The second-order valence-corrected chi connectivity index (χ2v) is 5.42. The molecule has 2 aromatic rings. The molecule has 0 aliphatic heterocycles. The van der Waals surface area contributed by atoms with Crippen molar-refractivity contribution in [2.24, 2.45) is 0 Å². The van der Waals surface area contributed by atoms with Crippen LogP contribution in [0, 0.1) is 13.8 Å². The van der Waals surface area contributed by atoms with E-state index in [2.05, 4.69) is 34.3 Å². The van der Waals surface area contributed by atoms with E-state index in [0.717, 1.165) is 24.2 Å². The van der Waals surface area contributed by atoms with Crippen molar-refractivity contribution < 1.29 is 0 Å². The molecule has 0 aliphatic rings. The van der Waals surface area contributed by atoms with Gasteiger partial charge in [0.25, 0.3) is 5.56 Å². The molecule has 1 heterocycles. The van der Waals surface area contributed by atoms with Crippen LogP contribution in [0.2, 0.25) is 0 Å². The van der Waals surface area contributed by atoms with E-state index in [1.54, 1.807) is 6.92 Å². The zero-order valence-corrected chi connectivity index (χ0v) is 13.2. The fraction of sp³-hybridized carbons (Fsp3) is 0.412. The van der Waals surface area contributed by atoms with E-state index in [1.807, 2.05) is 26.0 Å². The molecule has 0 aliphatic carbocycles. The lowest BCUT2D eigenvalue weighted by Gasteiger charge is -2.19. The van der Waals surface area contributed by atoms with E-state index >= 15 is 0 Å². The molecule has 4 nitrogen and oxygen atoms in total. The Morgan fingerprint density at radius 2 is 2.00 bits per heavy atom. The second-order valence-electron chi connectivity index (χ2n) is 5.42. The van der Waals surface area contributed by atoms with Crippen LogP contribution in [0.25, 0.3) is 0 Å². The highest BCUT2D eigenvalue weighted by molar-refractivity contribution is 5.52. The first kappa shape index (κ1) is 15.3. The Hall–Kier alpha value is -2.10. The molecule has 0 radical (unpaired) electrons. The molecule has 2 rings (SSSR count). The number of anilines is 1. The molecule has 112 valence electrons. The quantitative estimate of drug-likeness (QED) is 0.883. The van der Waals surface area contributed by atoms with Crippen molar-refractivity contribution in [1.82, 2.24) is 9.97 Å². The molecular formula is C17H23N3O. The van der Waals surface area contributed by atoms with Crippen LogP contribution in [0.3, 0.4) is 0 Å². The summed E-state index contributed by atoms with van der Waals surface area (Å²) >= 11 is 0. The number of rotatable bonds is 5. The predicted molar refractivity (Wildman–Crippen MR) is 86.8 cm³/mol. The van der Waals surface area contributed by atoms with E-state index in [4.69, 9.17) is 0 Å². The maximum absolute atomic E-state index is 12.2. The topological polar surface area (TPSA) is 57.8 Å². The largest absolute Gasteiger partial charge is 0.378 e. The van der Waals surface area contributed by atoms with Gasteiger partial charge in [-0.1, -0.05) is 31.5 Å². The Morgan fingerprint density at radius 1 is 1.29 bits per heavy atom. The summed E-state index contributed by atoms with van der Waals surface area (Å²) < 4.78 is 0. The molecule has 0 fully saturated rings. The summed E-state index contributed by atoms with van der Waals surface area (Å²) in [5, 5.41) is 3.45. The molecule has 0 bridgehead atoms. The summed E-state index contributed by atoms with van der Waals surface area (Å²) in [6.07, 6.45) is 2.12. The summed E-state index contributed by atoms with van der Waals surface area (Å²) in [6.45, 7) is 7.84. The monoisotopic (exact) mass is 285 g/mol. The van der Waals surface area contributed by atoms with Gasteiger partial charge in [0, 0.05) is 5.69 Å². The van der Waals surface area contributed by atoms with Gasteiger partial charge >= 0.3 is 0 Å². The van der Waals surface area contributed by atoms with Crippen LogP contribution in [0.15, 0.2) is 29.1 Å². The fourth-order valence-electron chi connectivity index (χ4n) is 2.70. The average Bonchev–Trinajstić information content (AvgIpc) is 2.40. The van der Waals surface area contributed by atoms with Crippen LogP contribution in [-0.4, -0.2) is 9.97 Å². The van der Waals surface area contributed by atoms with Crippen LogP contribution in [0.5, 0.6) is 0 Å². The molecule has 2 N–H and O–H groups in total. The molecule has 0 spiro atoms. The number of aromatic nitrogens is 2. The van der Waals surface area contributed by atoms with E-state index < -0.39 is 0 Å². The first-order valence-electron chi connectivity index (χ1n) is 7.44. The van der Waals surface area contributed by atoms with Crippen molar-refractivity contribution >= 4 is 5.69 Å². The van der Waals surface area contributed by atoms with Crippen LogP contribution in [0.4, 0.5) is 5.69 Å². The zero-order valence-electron chi connectivity index (χ0n) is 13.2. The van der Waals surface area contributed by atoms with Gasteiger partial charge < -0.3 is 10.3 Å². The summed E-state index contributed by atoms with van der Waals surface area (Å²) in [6, 6.07) is 8.17. The summed E-state index contributed by atoms with van der Waals surface area (Å²) in [7, 11) is 0. The van der Waals surface area contributed by atoms with Crippen molar-refractivity contribution in [3.63, 3.8) is 0 Å². The molecular weight excluding hydrogens is 262 g/mol. The van der Waals surface area contributed by atoms with Gasteiger partial charge in [0.05, 0.1) is 17.3 Å². The van der Waals surface area contributed by atoms with Crippen molar-refractivity contribution in [1.29, 1.82) is 0 Å². The number of aromatic amines is 1. The SMILES string of the molecule is CCCc1ccccc1NC(C)c1c(C)nc(C)[nH]c1=O. The third-order valence-electron chi connectivity index (χ3n) is 3.61. The number of para-hydroxylation sites is 1. The van der Waals surface area contributed by atoms with Crippen molar-refractivity contribution in [3.05, 3.63) is 57.3 Å². The Bertz CT molecular complexity index is 676. The van der Waals surface area contributed by atoms with Crippen molar-refractivity contribution in [3.8, 4) is 0 Å².